The molecule has 25 heavy (non-hydrogen) atoms. The zero-order valence-corrected chi connectivity index (χ0v) is 14.0. The van der Waals surface area contributed by atoms with Crippen LogP contribution in [0.3, 0.4) is 0 Å². The molecule has 0 atom stereocenters. The molecule has 5 aromatic rings. The van der Waals surface area contributed by atoms with Crippen molar-refractivity contribution in [2.75, 3.05) is 0 Å². The molecule has 5 rings (SSSR count). The molecule has 0 spiro atoms. The summed E-state index contributed by atoms with van der Waals surface area (Å²) < 4.78 is 0. The molecule has 5 aromatic heterocycles. The van der Waals surface area contributed by atoms with Gasteiger partial charge in [0.1, 0.15) is 0 Å². The first kappa shape index (κ1) is 19.4. The molecule has 0 bridgehead atoms. The number of aromatic amines is 5. The minimum atomic E-state index is 1.88. The summed E-state index contributed by atoms with van der Waals surface area (Å²) in [7, 11) is 0. The quantitative estimate of drug-likeness (QED) is 0.262. The molecule has 5 heteroatoms. The van der Waals surface area contributed by atoms with Crippen LogP contribution in [0.1, 0.15) is 0 Å². The van der Waals surface area contributed by atoms with Crippen molar-refractivity contribution in [3.63, 3.8) is 0 Å². The van der Waals surface area contributed by atoms with Crippen LogP contribution in [0, 0.1) is 0 Å². The van der Waals surface area contributed by atoms with Crippen molar-refractivity contribution in [3.8, 4) is 0 Å². The number of hydrogen-bond acceptors (Lipinski definition) is 0. The van der Waals surface area contributed by atoms with Crippen LogP contribution >= 0.6 is 0 Å². The summed E-state index contributed by atoms with van der Waals surface area (Å²) in [4.78, 5) is 14.3. The molecule has 5 nitrogen and oxygen atoms in total. The van der Waals surface area contributed by atoms with Crippen LogP contribution in [0.15, 0.2) is 123 Å². The Morgan fingerprint density at radius 1 is 0.200 bits per heavy atom. The number of aromatic nitrogens is 5. The number of rotatable bonds is 0. The first-order valence-corrected chi connectivity index (χ1v) is 7.89. The lowest BCUT2D eigenvalue weighted by atomic mass is 10.7. The summed E-state index contributed by atoms with van der Waals surface area (Å²) in [5.41, 5.74) is 0. The molecule has 5 N–H and O–H groups in total. The fraction of sp³-hybridized carbons (Fsp3) is 0. The van der Waals surface area contributed by atoms with Gasteiger partial charge in [-0.05, 0) is 60.7 Å². The van der Waals surface area contributed by atoms with Gasteiger partial charge in [0.05, 0.1) is 0 Å². The Labute approximate surface area is 148 Å². The van der Waals surface area contributed by atoms with Gasteiger partial charge in [0.25, 0.3) is 0 Å². The van der Waals surface area contributed by atoms with Crippen LogP contribution in [0.2, 0.25) is 0 Å². The summed E-state index contributed by atoms with van der Waals surface area (Å²) in [6.45, 7) is 0. The monoisotopic (exact) mass is 335 g/mol. The minimum absolute atomic E-state index is 1.88. The third-order valence-corrected chi connectivity index (χ3v) is 2.48. The zero-order valence-electron chi connectivity index (χ0n) is 14.0. The highest BCUT2D eigenvalue weighted by Gasteiger charge is 1.57. The van der Waals surface area contributed by atoms with Gasteiger partial charge < -0.3 is 24.9 Å². The van der Waals surface area contributed by atoms with Gasteiger partial charge in [-0.15, -0.1) is 0 Å². The summed E-state index contributed by atoms with van der Waals surface area (Å²) in [6.07, 6.45) is 18.8. The zero-order chi connectivity index (χ0) is 17.7. The third-order valence-electron chi connectivity index (χ3n) is 2.48. The van der Waals surface area contributed by atoms with Crippen LogP contribution < -0.4 is 0 Å². The molecule has 0 unspecified atom stereocenters. The minimum Gasteiger partial charge on any atom is -0.368 e. The molecule has 0 fully saturated rings. The van der Waals surface area contributed by atoms with E-state index >= 15 is 0 Å². The maximum Gasteiger partial charge on any atom is 0.000496 e. The maximum atomic E-state index is 2.86. The van der Waals surface area contributed by atoms with Crippen molar-refractivity contribution < 1.29 is 0 Å². The average Bonchev–Trinajstić information content (AvgIpc) is 3.55. The second-order valence-electron chi connectivity index (χ2n) is 4.42. The lowest BCUT2D eigenvalue weighted by molar-refractivity contribution is 1.41. The van der Waals surface area contributed by atoms with Crippen LogP contribution in [-0.4, -0.2) is 24.9 Å². The molecule has 0 saturated heterocycles. The van der Waals surface area contributed by atoms with E-state index in [1.54, 1.807) is 0 Å². The molecule has 5 heterocycles. The highest BCUT2D eigenvalue weighted by molar-refractivity contribution is 4.86. The van der Waals surface area contributed by atoms with Gasteiger partial charge in [0.2, 0.25) is 0 Å². The van der Waals surface area contributed by atoms with Gasteiger partial charge in [-0.2, -0.15) is 0 Å². The van der Waals surface area contributed by atoms with Crippen LogP contribution in [0.25, 0.3) is 0 Å². The van der Waals surface area contributed by atoms with Gasteiger partial charge in [-0.3, -0.25) is 0 Å². The summed E-state index contributed by atoms with van der Waals surface area (Å²) in [5, 5.41) is 0. The number of hydrogen-bond donors (Lipinski definition) is 5. The maximum absolute atomic E-state index is 2.86. The molecular weight excluding hydrogens is 310 g/mol. The molecule has 0 saturated carbocycles. The van der Waals surface area contributed by atoms with Gasteiger partial charge in [0.15, 0.2) is 0 Å². The van der Waals surface area contributed by atoms with Gasteiger partial charge in [-0.25, -0.2) is 0 Å². The van der Waals surface area contributed by atoms with E-state index in [0.717, 1.165) is 0 Å². The number of H-pyrrole nitrogens is 5. The first-order chi connectivity index (χ1) is 12.5. The molecular formula is C20H25N5. The fourth-order valence-corrected chi connectivity index (χ4v) is 1.39. The Morgan fingerprint density at radius 2 is 0.320 bits per heavy atom. The normalized spacial score (nSPS) is 8.00. The van der Waals surface area contributed by atoms with E-state index in [-0.39, 0.29) is 0 Å². The molecule has 0 amide bonds. The second-order valence-corrected chi connectivity index (χ2v) is 4.42. The van der Waals surface area contributed by atoms with Gasteiger partial charge in [-0.1, -0.05) is 0 Å². The molecule has 0 aliphatic carbocycles. The Morgan fingerprint density at radius 3 is 0.360 bits per heavy atom. The smallest absolute Gasteiger partial charge is 0.000496 e. The van der Waals surface area contributed by atoms with E-state index in [2.05, 4.69) is 24.9 Å². The van der Waals surface area contributed by atoms with E-state index in [1.165, 1.54) is 0 Å². The SMILES string of the molecule is c1cc[nH]c1.c1cc[nH]c1.c1cc[nH]c1.c1cc[nH]c1.c1cc[nH]c1. The van der Waals surface area contributed by atoms with E-state index in [1.807, 2.05) is 123 Å². The standard InChI is InChI=1S/5C4H5N/c5*1-2-4-5-3-1/h5*1-5H. The van der Waals surface area contributed by atoms with Crippen molar-refractivity contribution in [2.24, 2.45) is 0 Å². The van der Waals surface area contributed by atoms with Crippen molar-refractivity contribution >= 4 is 0 Å². The Bertz CT molecular complexity index is 453. The summed E-state index contributed by atoms with van der Waals surface area (Å²) in [6, 6.07) is 19.4. The van der Waals surface area contributed by atoms with Crippen molar-refractivity contribution in [2.45, 2.75) is 0 Å². The Kier molecular flexibility index (Phi) is 13.0. The Balaban J connectivity index is 0.000000156. The molecule has 130 valence electrons. The highest BCUT2D eigenvalue weighted by Crippen LogP contribution is 1.74. The predicted molar refractivity (Wildman–Crippen MR) is 104 cm³/mol. The lowest BCUT2D eigenvalue weighted by Gasteiger charge is -1.49. The predicted octanol–water partition coefficient (Wildman–Crippen LogP) is 5.07. The Hall–Kier alpha value is -3.60. The third kappa shape index (κ3) is 15.1. The molecule has 0 aliphatic rings. The van der Waals surface area contributed by atoms with E-state index < -0.39 is 0 Å². The summed E-state index contributed by atoms with van der Waals surface area (Å²) in [5.74, 6) is 0. The topological polar surface area (TPSA) is 78.9 Å². The first-order valence-electron chi connectivity index (χ1n) is 7.89. The molecule has 0 aliphatic heterocycles. The average molecular weight is 335 g/mol. The van der Waals surface area contributed by atoms with E-state index in [9.17, 15) is 0 Å². The fourth-order valence-electron chi connectivity index (χ4n) is 1.39. The van der Waals surface area contributed by atoms with Crippen LogP contribution in [-0.2, 0) is 0 Å². The van der Waals surface area contributed by atoms with Gasteiger partial charge in [0, 0.05) is 62.0 Å². The second kappa shape index (κ2) is 16.8. The largest absolute Gasteiger partial charge is 0.368 e. The van der Waals surface area contributed by atoms with E-state index in [0.29, 0.717) is 0 Å². The van der Waals surface area contributed by atoms with Crippen LogP contribution in [0.5, 0.6) is 0 Å². The molecule has 0 aromatic carbocycles. The molecule has 0 radical (unpaired) electrons. The van der Waals surface area contributed by atoms with Gasteiger partial charge >= 0.3 is 0 Å². The van der Waals surface area contributed by atoms with E-state index in [4.69, 9.17) is 0 Å². The van der Waals surface area contributed by atoms with Crippen molar-refractivity contribution in [3.05, 3.63) is 123 Å². The highest BCUT2D eigenvalue weighted by atomic mass is 14.6. The summed E-state index contributed by atoms with van der Waals surface area (Å²) >= 11 is 0. The van der Waals surface area contributed by atoms with Crippen molar-refractivity contribution in [1.82, 2.24) is 24.9 Å². The van der Waals surface area contributed by atoms with Crippen molar-refractivity contribution in [1.29, 1.82) is 0 Å². The lowest BCUT2D eigenvalue weighted by Crippen LogP contribution is -1.38. The van der Waals surface area contributed by atoms with Crippen LogP contribution in [0.4, 0.5) is 0 Å². The number of nitrogens with one attached hydrogen (secondary N) is 5.